The van der Waals surface area contributed by atoms with Crippen molar-refractivity contribution in [3.05, 3.63) is 29.8 Å². The third kappa shape index (κ3) is 4.02. The van der Waals surface area contributed by atoms with E-state index in [0.29, 0.717) is 11.3 Å². The molecule has 6 heteroatoms. The minimum Gasteiger partial charge on any atom is -0.399 e. The minimum atomic E-state index is -3.41. The Kier molecular flexibility index (Phi) is 4.70. The van der Waals surface area contributed by atoms with Gasteiger partial charge in [0.15, 0.2) is 0 Å². The zero-order valence-electron chi connectivity index (χ0n) is 10.5. The van der Waals surface area contributed by atoms with Crippen molar-refractivity contribution in [1.82, 2.24) is 4.31 Å². The number of nitrogens with zero attached hydrogens (tertiary/aromatic N) is 2. The van der Waals surface area contributed by atoms with Crippen LogP contribution in [0.5, 0.6) is 0 Å². The molecule has 0 bridgehead atoms. The molecule has 1 aromatic carbocycles. The Labute approximate surface area is 108 Å². The molecule has 0 radical (unpaired) electrons. The van der Waals surface area contributed by atoms with Crippen molar-refractivity contribution in [3.63, 3.8) is 0 Å². The average molecular weight is 267 g/mol. The van der Waals surface area contributed by atoms with Gasteiger partial charge in [-0.1, -0.05) is 12.1 Å². The second kappa shape index (κ2) is 5.85. The lowest BCUT2D eigenvalue weighted by Crippen LogP contribution is -2.31. The van der Waals surface area contributed by atoms with E-state index >= 15 is 0 Å². The highest BCUT2D eigenvalue weighted by molar-refractivity contribution is 7.88. The fourth-order valence-electron chi connectivity index (χ4n) is 1.54. The van der Waals surface area contributed by atoms with Gasteiger partial charge in [-0.2, -0.15) is 5.26 Å². The van der Waals surface area contributed by atoms with E-state index in [9.17, 15) is 8.42 Å². The highest BCUT2D eigenvalue weighted by atomic mass is 32.2. The van der Waals surface area contributed by atoms with Gasteiger partial charge in [-0.15, -0.1) is 0 Å². The van der Waals surface area contributed by atoms with Crippen molar-refractivity contribution >= 4 is 15.7 Å². The lowest BCUT2D eigenvalue weighted by Gasteiger charge is -2.18. The monoisotopic (exact) mass is 267 g/mol. The molecule has 0 saturated carbocycles. The van der Waals surface area contributed by atoms with E-state index in [1.165, 1.54) is 11.4 Å². The largest absolute Gasteiger partial charge is 0.399 e. The Morgan fingerprint density at radius 1 is 1.50 bits per heavy atom. The van der Waals surface area contributed by atoms with E-state index in [-0.39, 0.29) is 18.2 Å². The first kappa shape index (κ1) is 14.5. The van der Waals surface area contributed by atoms with Gasteiger partial charge in [0, 0.05) is 19.3 Å². The molecule has 1 rings (SSSR count). The molecule has 0 amide bonds. The van der Waals surface area contributed by atoms with Gasteiger partial charge in [0.2, 0.25) is 10.0 Å². The molecule has 0 saturated heterocycles. The second-order valence-electron chi connectivity index (χ2n) is 4.31. The van der Waals surface area contributed by atoms with Crippen molar-refractivity contribution in [2.45, 2.75) is 12.7 Å². The molecule has 2 N–H and O–H groups in total. The number of nitrogen functional groups attached to an aromatic ring is 1. The standard InChI is InChI=1S/C12H17N3O2S/c1-10(7-13)8-15(2)18(16,17)9-11-4-3-5-12(14)6-11/h3-6,10H,8-9,14H2,1-2H3. The first-order valence-corrected chi connectivity index (χ1v) is 7.14. The molecule has 0 aliphatic rings. The number of rotatable bonds is 5. The molecule has 0 heterocycles. The van der Waals surface area contributed by atoms with Crippen LogP contribution in [-0.4, -0.2) is 26.3 Å². The predicted octanol–water partition coefficient (Wildman–Crippen LogP) is 1.19. The van der Waals surface area contributed by atoms with Crippen molar-refractivity contribution in [2.24, 2.45) is 5.92 Å². The number of sulfonamides is 1. The molecule has 98 valence electrons. The quantitative estimate of drug-likeness (QED) is 0.812. The summed E-state index contributed by atoms with van der Waals surface area (Å²) in [5.74, 6) is -0.433. The van der Waals surface area contributed by atoms with Crippen LogP contribution >= 0.6 is 0 Å². The van der Waals surface area contributed by atoms with Gasteiger partial charge in [-0.3, -0.25) is 0 Å². The number of nitrogens with two attached hydrogens (primary N) is 1. The Balaban J connectivity index is 2.79. The Morgan fingerprint density at radius 2 is 2.17 bits per heavy atom. The van der Waals surface area contributed by atoms with Crippen LogP contribution in [0.4, 0.5) is 5.69 Å². The Bertz CT molecular complexity index is 549. The van der Waals surface area contributed by atoms with E-state index in [1.54, 1.807) is 31.2 Å². The molecular formula is C12H17N3O2S. The topological polar surface area (TPSA) is 87.2 Å². The molecule has 1 unspecified atom stereocenters. The van der Waals surface area contributed by atoms with Crippen molar-refractivity contribution < 1.29 is 8.42 Å². The lowest BCUT2D eigenvalue weighted by atomic mass is 10.2. The second-order valence-corrected chi connectivity index (χ2v) is 6.39. The molecule has 1 atom stereocenters. The summed E-state index contributed by atoms with van der Waals surface area (Å²) in [6.07, 6.45) is 0. The first-order valence-electron chi connectivity index (χ1n) is 5.53. The number of anilines is 1. The summed E-state index contributed by atoms with van der Waals surface area (Å²) in [7, 11) is -1.93. The van der Waals surface area contributed by atoms with Gasteiger partial charge in [-0.05, 0) is 24.6 Å². The summed E-state index contributed by atoms with van der Waals surface area (Å²) in [6.45, 7) is 1.88. The first-order chi connectivity index (χ1) is 8.35. The van der Waals surface area contributed by atoms with Crippen molar-refractivity contribution in [1.29, 1.82) is 5.26 Å². The van der Waals surface area contributed by atoms with E-state index in [1.807, 2.05) is 6.07 Å². The summed E-state index contributed by atoms with van der Waals surface area (Å²) in [5, 5.41) is 8.69. The summed E-state index contributed by atoms with van der Waals surface area (Å²) in [4.78, 5) is 0. The lowest BCUT2D eigenvalue weighted by molar-refractivity contribution is 0.438. The maximum Gasteiger partial charge on any atom is 0.218 e. The van der Waals surface area contributed by atoms with Gasteiger partial charge in [0.05, 0.1) is 17.7 Å². The maximum absolute atomic E-state index is 12.0. The van der Waals surface area contributed by atoms with Gasteiger partial charge < -0.3 is 5.73 Å². The molecule has 0 spiro atoms. The summed E-state index contributed by atoms with van der Waals surface area (Å²) in [5.41, 5.74) is 6.79. The van der Waals surface area contributed by atoms with Crippen molar-refractivity contribution in [2.75, 3.05) is 19.3 Å². The number of benzene rings is 1. The fourth-order valence-corrected chi connectivity index (χ4v) is 2.82. The molecule has 5 nitrogen and oxygen atoms in total. The van der Waals surface area contributed by atoms with E-state index in [0.717, 1.165) is 0 Å². The van der Waals surface area contributed by atoms with Crippen LogP contribution in [0.1, 0.15) is 12.5 Å². The van der Waals surface area contributed by atoms with Crippen LogP contribution in [0.15, 0.2) is 24.3 Å². The van der Waals surface area contributed by atoms with E-state index < -0.39 is 10.0 Å². The molecule has 0 aliphatic carbocycles. The van der Waals surface area contributed by atoms with Crippen LogP contribution in [-0.2, 0) is 15.8 Å². The predicted molar refractivity (Wildman–Crippen MR) is 70.9 cm³/mol. The molecular weight excluding hydrogens is 250 g/mol. The number of hydrogen-bond acceptors (Lipinski definition) is 4. The van der Waals surface area contributed by atoms with Gasteiger partial charge in [0.25, 0.3) is 0 Å². The zero-order chi connectivity index (χ0) is 13.8. The van der Waals surface area contributed by atoms with Crippen molar-refractivity contribution in [3.8, 4) is 6.07 Å². The summed E-state index contributed by atoms with van der Waals surface area (Å²) >= 11 is 0. The highest BCUT2D eigenvalue weighted by Gasteiger charge is 2.20. The van der Waals surface area contributed by atoms with Crippen LogP contribution in [0, 0.1) is 17.2 Å². The fraction of sp³-hybridized carbons (Fsp3) is 0.417. The van der Waals surface area contributed by atoms with Gasteiger partial charge >= 0.3 is 0 Å². The Hall–Kier alpha value is -1.58. The summed E-state index contributed by atoms with van der Waals surface area (Å²) < 4.78 is 25.3. The van der Waals surface area contributed by atoms with Crippen LogP contribution < -0.4 is 5.73 Å². The smallest absolute Gasteiger partial charge is 0.218 e. The maximum atomic E-state index is 12.0. The van der Waals surface area contributed by atoms with Gasteiger partial charge in [-0.25, -0.2) is 12.7 Å². The zero-order valence-corrected chi connectivity index (χ0v) is 11.3. The Morgan fingerprint density at radius 3 is 2.72 bits per heavy atom. The summed E-state index contributed by atoms with van der Waals surface area (Å²) in [6, 6.07) is 8.80. The molecule has 0 aromatic heterocycles. The average Bonchev–Trinajstić information content (AvgIpc) is 2.28. The molecule has 18 heavy (non-hydrogen) atoms. The van der Waals surface area contributed by atoms with E-state index in [2.05, 4.69) is 0 Å². The number of hydrogen-bond donors (Lipinski definition) is 1. The molecule has 1 aromatic rings. The highest BCUT2D eigenvalue weighted by Crippen LogP contribution is 2.13. The third-order valence-electron chi connectivity index (χ3n) is 2.53. The number of nitriles is 1. The molecule has 0 fully saturated rings. The third-order valence-corrected chi connectivity index (χ3v) is 4.32. The van der Waals surface area contributed by atoms with Gasteiger partial charge in [0.1, 0.15) is 0 Å². The normalized spacial score (nSPS) is 13.2. The van der Waals surface area contributed by atoms with E-state index in [4.69, 9.17) is 11.0 Å². The molecule has 0 aliphatic heterocycles. The minimum absolute atomic E-state index is 0.104. The van der Waals surface area contributed by atoms with Crippen LogP contribution in [0.25, 0.3) is 0 Å². The van der Waals surface area contributed by atoms with Crippen LogP contribution in [0.3, 0.4) is 0 Å². The SMILES string of the molecule is CC(C#N)CN(C)S(=O)(=O)Cc1cccc(N)c1. The van der Waals surface area contributed by atoms with Crippen LogP contribution in [0.2, 0.25) is 0 Å².